The Morgan fingerprint density at radius 1 is 1.29 bits per heavy atom. The number of carboxylic acids is 1. The second-order valence-electron chi connectivity index (χ2n) is 9.24. The van der Waals surface area contributed by atoms with Crippen molar-refractivity contribution >= 4 is 5.97 Å². The molecule has 2 aliphatic rings. The second-order valence-corrected chi connectivity index (χ2v) is 9.24. The summed E-state index contributed by atoms with van der Waals surface area (Å²) in [6.45, 7) is 5.91. The molecule has 1 unspecified atom stereocenters. The molecule has 1 aromatic carbocycles. The lowest BCUT2D eigenvalue weighted by Crippen LogP contribution is -2.24. The summed E-state index contributed by atoms with van der Waals surface area (Å²) in [6.07, 6.45) is 14.3. The van der Waals surface area contributed by atoms with Gasteiger partial charge in [0.1, 0.15) is 0 Å². The quantitative estimate of drug-likeness (QED) is 0.421. The lowest BCUT2D eigenvalue weighted by molar-refractivity contribution is 0.0695. The van der Waals surface area contributed by atoms with E-state index in [1.54, 1.807) is 18.2 Å². The fourth-order valence-electron chi connectivity index (χ4n) is 5.23. The Labute approximate surface area is 186 Å². The number of carbonyl (C=O) groups is 1. The summed E-state index contributed by atoms with van der Waals surface area (Å²) in [5.74, 6) is 0.00101. The summed E-state index contributed by atoms with van der Waals surface area (Å²) in [4.78, 5) is 11.4. The van der Waals surface area contributed by atoms with Gasteiger partial charge in [0, 0.05) is 5.92 Å². The lowest BCUT2D eigenvalue weighted by atomic mass is 9.87. The van der Waals surface area contributed by atoms with E-state index in [9.17, 15) is 20.1 Å². The summed E-state index contributed by atoms with van der Waals surface area (Å²) in [5, 5.41) is 30.6. The third kappa shape index (κ3) is 5.75. The van der Waals surface area contributed by atoms with E-state index in [0.29, 0.717) is 30.2 Å². The Morgan fingerprint density at radius 3 is 2.77 bits per heavy atom. The van der Waals surface area contributed by atoms with Crippen LogP contribution in [-0.4, -0.2) is 33.0 Å². The zero-order chi connectivity index (χ0) is 22.4. The Balaban J connectivity index is 1.58. The highest BCUT2D eigenvalue weighted by Crippen LogP contribution is 2.48. The molecule has 1 aromatic rings. The van der Waals surface area contributed by atoms with Crippen LogP contribution < -0.4 is 0 Å². The van der Waals surface area contributed by atoms with Crippen LogP contribution in [0.4, 0.5) is 0 Å². The molecule has 168 valence electrons. The SMILES string of the molecule is C=CC(O)(C/C=C/[C@H]1[C@H]2CC(CCc3ccccc3C(=O)O)=C[C@H]2C[C@H]1O)CCCC. The van der Waals surface area contributed by atoms with Crippen LogP contribution >= 0.6 is 0 Å². The number of carboxylic acid groups (broad SMARTS) is 1. The van der Waals surface area contributed by atoms with Gasteiger partial charge < -0.3 is 15.3 Å². The maximum Gasteiger partial charge on any atom is 0.335 e. The Kier molecular flexibility index (Phi) is 7.90. The number of hydrogen-bond acceptors (Lipinski definition) is 3. The number of fused-ring (bicyclic) bond motifs is 1. The molecule has 3 rings (SSSR count). The van der Waals surface area contributed by atoms with Crippen molar-refractivity contribution in [3.63, 3.8) is 0 Å². The van der Waals surface area contributed by atoms with Crippen LogP contribution in [0.15, 0.2) is 60.7 Å². The van der Waals surface area contributed by atoms with Gasteiger partial charge >= 0.3 is 5.97 Å². The van der Waals surface area contributed by atoms with E-state index < -0.39 is 11.6 Å². The summed E-state index contributed by atoms with van der Waals surface area (Å²) in [5.41, 5.74) is 1.76. The standard InChI is InChI=1S/C27H36O4/c1-3-5-14-27(31,4-2)15-8-11-23-24-17-19(16-21(24)18-25(23)28)12-13-20-9-6-7-10-22(20)26(29)30/h4,6-11,16,21,23-25,28,31H,2-3,5,12-15,17-18H2,1H3,(H,29,30)/b11-8+/t21-,23-,24-,25+,27?/m0/s1. The van der Waals surface area contributed by atoms with Gasteiger partial charge in [0.2, 0.25) is 0 Å². The molecule has 0 amide bonds. The minimum atomic E-state index is -0.875. The molecular weight excluding hydrogens is 388 g/mol. The van der Waals surface area contributed by atoms with E-state index in [-0.39, 0.29) is 12.0 Å². The van der Waals surface area contributed by atoms with E-state index >= 15 is 0 Å². The molecule has 31 heavy (non-hydrogen) atoms. The van der Waals surface area contributed by atoms with Crippen LogP contribution in [0.5, 0.6) is 0 Å². The molecule has 1 saturated carbocycles. The van der Waals surface area contributed by atoms with Crippen LogP contribution in [0, 0.1) is 17.8 Å². The van der Waals surface area contributed by atoms with Gasteiger partial charge in [0.05, 0.1) is 17.3 Å². The molecule has 1 fully saturated rings. The van der Waals surface area contributed by atoms with Gasteiger partial charge in [-0.15, -0.1) is 6.58 Å². The molecule has 0 aliphatic heterocycles. The van der Waals surface area contributed by atoms with E-state index in [2.05, 4.69) is 25.7 Å². The maximum atomic E-state index is 11.4. The molecule has 0 aromatic heterocycles. The molecule has 0 heterocycles. The maximum absolute atomic E-state index is 11.4. The van der Waals surface area contributed by atoms with Crippen molar-refractivity contribution in [3.05, 3.63) is 71.8 Å². The van der Waals surface area contributed by atoms with Crippen molar-refractivity contribution in [2.45, 2.75) is 70.0 Å². The molecule has 4 nitrogen and oxygen atoms in total. The Bertz CT molecular complexity index is 839. The average Bonchev–Trinajstić information content (AvgIpc) is 3.28. The van der Waals surface area contributed by atoms with E-state index in [1.807, 2.05) is 18.2 Å². The van der Waals surface area contributed by atoms with Crippen LogP contribution in [0.25, 0.3) is 0 Å². The molecular formula is C27H36O4. The molecule has 4 heteroatoms. The first-order valence-corrected chi connectivity index (χ1v) is 11.6. The molecule has 5 atom stereocenters. The number of aromatic carboxylic acids is 1. The summed E-state index contributed by atoms with van der Waals surface area (Å²) in [6, 6.07) is 7.22. The number of benzene rings is 1. The first-order chi connectivity index (χ1) is 14.9. The molecule has 0 saturated heterocycles. The highest BCUT2D eigenvalue weighted by molar-refractivity contribution is 5.89. The summed E-state index contributed by atoms with van der Waals surface area (Å²) >= 11 is 0. The van der Waals surface area contributed by atoms with Crippen molar-refractivity contribution in [2.24, 2.45) is 17.8 Å². The normalized spacial score (nSPS) is 27.1. The van der Waals surface area contributed by atoms with Crippen LogP contribution in [-0.2, 0) is 6.42 Å². The molecule has 0 spiro atoms. The van der Waals surface area contributed by atoms with Crippen LogP contribution in [0.3, 0.4) is 0 Å². The predicted molar refractivity (Wildman–Crippen MR) is 124 cm³/mol. The first-order valence-electron chi connectivity index (χ1n) is 11.6. The largest absolute Gasteiger partial charge is 0.478 e. The fourth-order valence-corrected chi connectivity index (χ4v) is 5.23. The molecule has 3 N–H and O–H groups in total. The number of aryl methyl sites for hydroxylation is 1. The minimum Gasteiger partial charge on any atom is -0.478 e. The Morgan fingerprint density at radius 2 is 2.06 bits per heavy atom. The topological polar surface area (TPSA) is 77.8 Å². The second kappa shape index (κ2) is 10.4. The zero-order valence-electron chi connectivity index (χ0n) is 18.5. The van der Waals surface area contributed by atoms with Gasteiger partial charge in [-0.2, -0.15) is 0 Å². The van der Waals surface area contributed by atoms with Gasteiger partial charge in [0.15, 0.2) is 0 Å². The molecule has 0 bridgehead atoms. The summed E-state index contributed by atoms with van der Waals surface area (Å²) in [7, 11) is 0. The number of allylic oxidation sites excluding steroid dienone is 2. The van der Waals surface area contributed by atoms with Crippen molar-refractivity contribution in [2.75, 3.05) is 0 Å². The number of aliphatic hydroxyl groups is 2. The number of aliphatic hydroxyl groups excluding tert-OH is 1. The van der Waals surface area contributed by atoms with Gasteiger partial charge in [-0.1, -0.05) is 67.8 Å². The minimum absolute atomic E-state index is 0.102. The number of unbranched alkanes of at least 4 members (excludes halogenated alkanes) is 1. The van der Waals surface area contributed by atoms with Crippen molar-refractivity contribution < 1.29 is 20.1 Å². The van der Waals surface area contributed by atoms with Gasteiger partial charge in [-0.05, 0) is 62.0 Å². The fraction of sp³-hybridized carbons (Fsp3) is 0.519. The number of rotatable bonds is 11. The number of hydrogen-bond donors (Lipinski definition) is 3. The third-order valence-electron chi connectivity index (χ3n) is 7.09. The van der Waals surface area contributed by atoms with E-state index in [0.717, 1.165) is 44.1 Å². The lowest BCUT2D eigenvalue weighted by Gasteiger charge is -2.23. The predicted octanol–water partition coefficient (Wildman–Crippen LogP) is 5.31. The van der Waals surface area contributed by atoms with Crippen molar-refractivity contribution in [1.82, 2.24) is 0 Å². The average molecular weight is 425 g/mol. The molecule has 2 aliphatic carbocycles. The third-order valence-corrected chi connectivity index (χ3v) is 7.09. The highest BCUT2D eigenvalue weighted by atomic mass is 16.4. The van der Waals surface area contributed by atoms with Gasteiger partial charge in [-0.3, -0.25) is 0 Å². The first kappa shape index (κ1) is 23.5. The van der Waals surface area contributed by atoms with Gasteiger partial charge in [-0.25, -0.2) is 4.79 Å². The van der Waals surface area contributed by atoms with Crippen LogP contribution in [0.2, 0.25) is 0 Å². The monoisotopic (exact) mass is 424 g/mol. The van der Waals surface area contributed by atoms with E-state index in [1.165, 1.54) is 5.57 Å². The molecule has 0 radical (unpaired) electrons. The zero-order valence-corrected chi connectivity index (χ0v) is 18.5. The van der Waals surface area contributed by atoms with E-state index in [4.69, 9.17) is 0 Å². The van der Waals surface area contributed by atoms with Gasteiger partial charge in [0.25, 0.3) is 0 Å². The van der Waals surface area contributed by atoms with Crippen molar-refractivity contribution in [3.8, 4) is 0 Å². The smallest absolute Gasteiger partial charge is 0.335 e. The van der Waals surface area contributed by atoms with Crippen molar-refractivity contribution in [1.29, 1.82) is 0 Å². The summed E-state index contributed by atoms with van der Waals surface area (Å²) < 4.78 is 0. The highest BCUT2D eigenvalue weighted by Gasteiger charge is 2.43. The Hall–Kier alpha value is -2.17. The van der Waals surface area contributed by atoms with Crippen LogP contribution in [0.1, 0.15) is 67.8 Å².